The topological polar surface area (TPSA) is 7.68 Å². The highest BCUT2D eigenvalue weighted by Gasteiger charge is 2.36. The van der Waals surface area contributed by atoms with E-state index in [1.165, 1.54) is 56.8 Å². The molecule has 0 aromatic rings. The van der Waals surface area contributed by atoms with Crippen molar-refractivity contribution in [3.63, 3.8) is 0 Å². The molecule has 0 aliphatic carbocycles. The number of hydrogen-bond acceptors (Lipinski definition) is 1. The van der Waals surface area contributed by atoms with E-state index >= 15 is 0 Å². The van der Waals surface area contributed by atoms with Gasteiger partial charge in [0.2, 0.25) is 0 Å². The average Bonchev–Trinajstić information content (AvgIpc) is 2.16. The summed E-state index contributed by atoms with van der Waals surface area (Å²) in [7, 11) is 6.34. The number of hydrogen-bond donors (Lipinski definition) is 1. The van der Waals surface area contributed by atoms with Gasteiger partial charge in [-0.05, 0) is 38.4 Å². The van der Waals surface area contributed by atoms with Gasteiger partial charge in [-0.1, -0.05) is 0 Å². The Morgan fingerprint density at radius 3 is 2.15 bits per heavy atom. The Labute approximate surface area is 81.9 Å². The fourth-order valence-electron chi connectivity index (χ4n) is 2.73. The number of nitrogens with one attached hydrogen (secondary N) is 1. The van der Waals surface area contributed by atoms with Crippen molar-refractivity contribution < 1.29 is 4.90 Å². The number of rotatable bonds is 0. The third-order valence-electron chi connectivity index (χ3n) is 4.07. The number of piperidine rings is 2. The molecule has 2 heterocycles. The highest BCUT2D eigenvalue weighted by atomic mass is 15.1. The van der Waals surface area contributed by atoms with Crippen LogP contribution in [0.5, 0.6) is 0 Å². The summed E-state index contributed by atoms with van der Waals surface area (Å²) >= 11 is 0. The van der Waals surface area contributed by atoms with Crippen molar-refractivity contribution in [1.82, 2.24) is 4.90 Å². The van der Waals surface area contributed by atoms with Gasteiger partial charge >= 0.3 is 0 Å². The van der Waals surface area contributed by atoms with Gasteiger partial charge in [0, 0.05) is 12.8 Å². The summed E-state index contributed by atoms with van der Waals surface area (Å²) in [5.74, 6) is 0. The predicted octanol–water partition coefficient (Wildman–Crippen LogP) is 0.169. The Balaban J connectivity index is 1.90. The van der Waals surface area contributed by atoms with Gasteiger partial charge in [-0.25, -0.2) is 0 Å². The van der Waals surface area contributed by atoms with Gasteiger partial charge < -0.3 is 9.80 Å². The van der Waals surface area contributed by atoms with Crippen LogP contribution in [-0.2, 0) is 0 Å². The van der Waals surface area contributed by atoms with E-state index in [1.54, 1.807) is 0 Å². The average molecular weight is 182 g/mol. The lowest BCUT2D eigenvalue weighted by Crippen LogP contribution is -3.08. The first kappa shape index (κ1) is 9.47. The van der Waals surface area contributed by atoms with Crippen molar-refractivity contribution in [2.75, 3.05) is 33.2 Å². The number of quaternary nitrogens is 1. The van der Waals surface area contributed by atoms with E-state index in [0.717, 1.165) is 0 Å². The number of nitrogens with zero attached hydrogens (tertiary/aromatic N) is 1. The van der Waals surface area contributed by atoms with Gasteiger partial charge in [-0.3, -0.25) is 0 Å². The second kappa shape index (κ2) is 3.58. The van der Waals surface area contributed by atoms with Crippen LogP contribution in [0, 0.1) is 12.5 Å². The first-order chi connectivity index (χ1) is 6.20. The van der Waals surface area contributed by atoms with Crippen molar-refractivity contribution in [2.45, 2.75) is 25.7 Å². The Morgan fingerprint density at radius 2 is 1.62 bits per heavy atom. The normalized spacial score (nSPS) is 30.9. The zero-order valence-corrected chi connectivity index (χ0v) is 8.81. The molecule has 0 aromatic carbocycles. The van der Waals surface area contributed by atoms with Crippen molar-refractivity contribution in [1.29, 1.82) is 0 Å². The number of likely N-dealkylation sites (tertiary alicyclic amines) is 2. The molecule has 2 rings (SSSR count). The Hall–Kier alpha value is -0.0800. The zero-order valence-electron chi connectivity index (χ0n) is 8.81. The molecule has 0 atom stereocenters. The molecule has 0 unspecified atom stereocenters. The van der Waals surface area contributed by atoms with Crippen LogP contribution in [0.3, 0.4) is 0 Å². The SMILES string of the molecule is [CH2-][NH+]1CCC2(CCN(C)CC2)CC1. The molecule has 2 aliphatic heterocycles. The standard InChI is InChI=1S/C11H22N2/c1-12-7-3-11(4-8-12)5-9-13(2)10-6-11/h12H,1,3-10H2,2H3. The van der Waals surface area contributed by atoms with Crippen LogP contribution >= 0.6 is 0 Å². The van der Waals surface area contributed by atoms with E-state index in [-0.39, 0.29) is 0 Å². The van der Waals surface area contributed by atoms with Gasteiger partial charge in [0.25, 0.3) is 0 Å². The van der Waals surface area contributed by atoms with Gasteiger partial charge in [0.1, 0.15) is 0 Å². The molecule has 2 saturated heterocycles. The minimum absolute atomic E-state index is 0.716. The van der Waals surface area contributed by atoms with Crippen LogP contribution in [0.15, 0.2) is 0 Å². The summed E-state index contributed by atoms with van der Waals surface area (Å²) in [5, 5.41) is 0. The fraction of sp³-hybridized carbons (Fsp3) is 0.909. The maximum atomic E-state index is 4.10. The van der Waals surface area contributed by atoms with E-state index in [0.29, 0.717) is 5.41 Å². The molecule has 13 heavy (non-hydrogen) atoms. The van der Waals surface area contributed by atoms with Gasteiger partial charge in [0.15, 0.2) is 0 Å². The highest BCUT2D eigenvalue weighted by Crippen LogP contribution is 2.38. The predicted molar refractivity (Wildman–Crippen MR) is 54.5 cm³/mol. The second-order valence-corrected chi connectivity index (χ2v) is 5.05. The minimum Gasteiger partial charge on any atom is -0.468 e. The minimum atomic E-state index is 0.716. The van der Waals surface area contributed by atoms with Crippen molar-refractivity contribution in [2.24, 2.45) is 5.41 Å². The lowest BCUT2D eigenvalue weighted by molar-refractivity contribution is -0.862. The lowest BCUT2D eigenvalue weighted by atomic mass is 9.71. The van der Waals surface area contributed by atoms with Crippen LogP contribution in [0.25, 0.3) is 0 Å². The lowest BCUT2D eigenvalue weighted by Gasteiger charge is -2.45. The van der Waals surface area contributed by atoms with Gasteiger partial charge in [-0.2, -0.15) is 7.05 Å². The third kappa shape index (κ3) is 2.05. The van der Waals surface area contributed by atoms with Crippen LogP contribution in [0.2, 0.25) is 0 Å². The molecule has 0 aromatic heterocycles. The smallest absolute Gasteiger partial charge is 0.0535 e. The van der Waals surface area contributed by atoms with Crippen molar-refractivity contribution in [3.8, 4) is 0 Å². The van der Waals surface area contributed by atoms with Crippen LogP contribution < -0.4 is 4.90 Å². The molecule has 0 saturated carbocycles. The molecule has 0 amide bonds. The molecule has 0 bridgehead atoms. The molecular formula is C11H22N2. The van der Waals surface area contributed by atoms with E-state index in [1.807, 2.05) is 0 Å². The third-order valence-corrected chi connectivity index (χ3v) is 4.07. The summed E-state index contributed by atoms with van der Waals surface area (Å²) in [6, 6.07) is 0. The van der Waals surface area contributed by atoms with Crippen molar-refractivity contribution >= 4 is 0 Å². The Bertz CT molecular complexity index is 139. The summed E-state index contributed by atoms with van der Waals surface area (Å²) in [6.45, 7) is 5.21. The van der Waals surface area contributed by atoms with E-state index in [2.05, 4.69) is 19.0 Å². The molecule has 76 valence electrons. The summed E-state index contributed by atoms with van der Waals surface area (Å²) in [4.78, 5) is 3.96. The largest absolute Gasteiger partial charge is 0.468 e. The van der Waals surface area contributed by atoms with Gasteiger partial charge in [-0.15, -0.1) is 0 Å². The molecule has 0 radical (unpaired) electrons. The van der Waals surface area contributed by atoms with Crippen LogP contribution in [-0.4, -0.2) is 38.1 Å². The summed E-state index contributed by atoms with van der Waals surface area (Å²) < 4.78 is 0. The Kier molecular flexibility index (Phi) is 2.61. The van der Waals surface area contributed by atoms with Crippen LogP contribution in [0.1, 0.15) is 25.7 Å². The van der Waals surface area contributed by atoms with E-state index in [9.17, 15) is 0 Å². The fourth-order valence-corrected chi connectivity index (χ4v) is 2.73. The maximum Gasteiger partial charge on any atom is 0.0535 e. The summed E-state index contributed by atoms with van der Waals surface area (Å²) in [5.41, 5.74) is 0.716. The second-order valence-electron chi connectivity index (χ2n) is 5.05. The first-order valence-corrected chi connectivity index (χ1v) is 5.55. The molecule has 2 heteroatoms. The monoisotopic (exact) mass is 182 g/mol. The zero-order chi connectivity index (χ0) is 9.31. The Morgan fingerprint density at radius 1 is 1.08 bits per heavy atom. The van der Waals surface area contributed by atoms with E-state index in [4.69, 9.17) is 0 Å². The maximum absolute atomic E-state index is 4.10. The van der Waals surface area contributed by atoms with E-state index < -0.39 is 0 Å². The molecule has 2 nitrogen and oxygen atoms in total. The molecule has 2 aliphatic rings. The summed E-state index contributed by atoms with van der Waals surface area (Å²) in [6.07, 6.45) is 5.69. The van der Waals surface area contributed by atoms with Crippen LogP contribution in [0.4, 0.5) is 0 Å². The quantitative estimate of drug-likeness (QED) is 0.525. The van der Waals surface area contributed by atoms with Crippen molar-refractivity contribution in [3.05, 3.63) is 7.05 Å². The first-order valence-electron chi connectivity index (χ1n) is 5.55. The molecular weight excluding hydrogens is 160 g/mol. The highest BCUT2D eigenvalue weighted by molar-refractivity contribution is 4.86. The van der Waals surface area contributed by atoms with Gasteiger partial charge in [0.05, 0.1) is 13.1 Å². The molecule has 1 N–H and O–H groups in total. The molecule has 2 fully saturated rings. The molecule has 1 spiro atoms.